The fourth-order valence-electron chi connectivity index (χ4n) is 3.47. The summed E-state index contributed by atoms with van der Waals surface area (Å²) in [4.78, 5) is 9.17. The second-order valence-electron chi connectivity index (χ2n) is 8.70. The average Bonchev–Trinajstić information content (AvgIpc) is 3.32. The molecule has 32 heavy (non-hydrogen) atoms. The molecule has 172 valence electrons. The predicted octanol–water partition coefficient (Wildman–Crippen LogP) is 2.21. The number of anilines is 1. The Labute approximate surface area is 187 Å². The molecule has 3 heterocycles. The molecule has 0 bridgehead atoms. The number of aryl methyl sites for hydroxylation is 1. The van der Waals surface area contributed by atoms with Gasteiger partial charge in [-0.3, -0.25) is 0 Å². The van der Waals surface area contributed by atoms with Crippen LogP contribution >= 0.6 is 0 Å². The summed E-state index contributed by atoms with van der Waals surface area (Å²) in [5.74, 6) is 7.62. The van der Waals surface area contributed by atoms with Crippen molar-refractivity contribution >= 4 is 16.9 Å². The van der Waals surface area contributed by atoms with Crippen molar-refractivity contribution in [3.63, 3.8) is 0 Å². The van der Waals surface area contributed by atoms with Crippen molar-refractivity contribution in [1.82, 2.24) is 24.8 Å². The van der Waals surface area contributed by atoms with Crippen LogP contribution in [0.5, 0.6) is 5.75 Å². The maximum Gasteiger partial charge on any atom is 0.199 e. The van der Waals surface area contributed by atoms with Crippen LogP contribution in [0, 0.1) is 23.7 Å². The number of hydrogen-bond donors (Lipinski definition) is 3. The summed E-state index contributed by atoms with van der Waals surface area (Å²) in [5, 5.41) is 17.6. The highest BCUT2D eigenvalue weighted by Crippen LogP contribution is 2.33. The van der Waals surface area contributed by atoms with E-state index in [2.05, 4.69) is 41.0 Å². The second kappa shape index (κ2) is 9.54. The van der Waals surface area contributed by atoms with Crippen LogP contribution in [0.4, 0.5) is 5.82 Å². The van der Waals surface area contributed by atoms with Gasteiger partial charge in [0.2, 0.25) is 0 Å². The van der Waals surface area contributed by atoms with Crippen molar-refractivity contribution in [3.05, 3.63) is 11.9 Å². The minimum atomic E-state index is -1.18. The van der Waals surface area contributed by atoms with E-state index < -0.39 is 5.60 Å². The first-order chi connectivity index (χ1) is 15.1. The van der Waals surface area contributed by atoms with Crippen LogP contribution in [0.3, 0.4) is 0 Å². The number of aromatic nitrogens is 5. The Hall–Kier alpha value is -3.16. The first-order valence-corrected chi connectivity index (χ1v) is 10.7. The van der Waals surface area contributed by atoms with Crippen LogP contribution in [0.2, 0.25) is 0 Å². The number of fused-ring (bicyclic) bond motifs is 1. The van der Waals surface area contributed by atoms with Gasteiger partial charge in [0.05, 0.1) is 12.8 Å². The second-order valence-corrected chi connectivity index (χ2v) is 8.70. The molecule has 0 aliphatic carbocycles. The molecule has 10 heteroatoms. The molecule has 3 aromatic rings. The highest BCUT2D eigenvalue weighted by atomic mass is 16.6. The maximum atomic E-state index is 10.0. The predicted molar refractivity (Wildman–Crippen MR) is 122 cm³/mol. The van der Waals surface area contributed by atoms with Crippen LogP contribution < -0.4 is 16.2 Å². The number of pyridine rings is 1. The largest absolute Gasteiger partial charge is 0.489 e. The lowest BCUT2D eigenvalue weighted by atomic mass is 9.98. The SMILES string of the molecule is CCn1c(-c2nonc2N)nc2c(C#CC(C)(C)O)ncc(OCC(CN)CC(C)C)c21. The van der Waals surface area contributed by atoms with E-state index in [-0.39, 0.29) is 11.7 Å². The molecule has 0 fully saturated rings. The molecule has 0 aliphatic heterocycles. The Morgan fingerprint density at radius 1 is 1.31 bits per heavy atom. The Balaban J connectivity index is 2.15. The number of nitrogens with zero attached hydrogens (tertiary/aromatic N) is 5. The van der Waals surface area contributed by atoms with Crippen LogP contribution in [0.25, 0.3) is 22.6 Å². The smallest absolute Gasteiger partial charge is 0.199 e. The van der Waals surface area contributed by atoms with Gasteiger partial charge in [-0.15, -0.1) is 0 Å². The zero-order valence-corrected chi connectivity index (χ0v) is 19.2. The van der Waals surface area contributed by atoms with E-state index in [9.17, 15) is 5.11 Å². The van der Waals surface area contributed by atoms with Gasteiger partial charge in [0.15, 0.2) is 23.1 Å². The van der Waals surface area contributed by atoms with Crippen molar-refractivity contribution in [2.75, 3.05) is 18.9 Å². The third-order valence-corrected chi connectivity index (χ3v) is 4.88. The third kappa shape index (κ3) is 5.18. The number of ether oxygens (including phenoxy) is 1. The summed E-state index contributed by atoms with van der Waals surface area (Å²) < 4.78 is 12.9. The fraction of sp³-hybridized carbons (Fsp3) is 0.545. The average molecular weight is 442 g/mol. The van der Waals surface area contributed by atoms with Crippen molar-refractivity contribution < 1.29 is 14.5 Å². The summed E-state index contributed by atoms with van der Waals surface area (Å²) in [5.41, 5.74) is 12.7. The summed E-state index contributed by atoms with van der Waals surface area (Å²) in [7, 11) is 0. The molecular formula is C22H31N7O3. The van der Waals surface area contributed by atoms with E-state index in [4.69, 9.17) is 25.8 Å². The number of hydrogen-bond acceptors (Lipinski definition) is 9. The molecule has 0 amide bonds. The Morgan fingerprint density at radius 2 is 2.06 bits per heavy atom. The number of imidazole rings is 1. The molecule has 0 saturated heterocycles. The van der Waals surface area contributed by atoms with Gasteiger partial charge in [-0.05, 0) is 55.9 Å². The van der Waals surface area contributed by atoms with E-state index in [0.717, 1.165) is 6.42 Å². The van der Waals surface area contributed by atoms with E-state index in [1.165, 1.54) is 0 Å². The van der Waals surface area contributed by atoms with E-state index in [1.807, 2.05) is 11.5 Å². The van der Waals surface area contributed by atoms with Crippen molar-refractivity contribution in [1.29, 1.82) is 0 Å². The number of aliphatic hydroxyl groups is 1. The first kappa shape index (κ1) is 23.5. The maximum absolute atomic E-state index is 10.0. The Kier molecular flexibility index (Phi) is 7.01. The molecule has 3 aromatic heterocycles. The topological polar surface area (TPSA) is 151 Å². The highest BCUT2D eigenvalue weighted by Gasteiger charge is 2.24. The molecule has 0 aliphatic rings. The van der Waals surface area contributed by atoms with Gasteiger partial charge in [0.1, 0.15) is 22.3 Å². The van der Waals surface area contributed by atoms with Gasteiger partial charge in [-0.25, -0.2) is 14.6 Å². The molecule has 0 aromatic carbocycles. The molecule has 0 saturated carbocycles. The van der Waals surface area contributed by atoms with E-state index in [1.54, 1.807) is 20.0 Å². The molecule has 0 radical (unpaired) electrons. The summed E-state index contributed by atoms with van der Waals surface area (Å²) in [6, 6.07) is 0. The Bertz CT molecular complexity index is 1130. The normalized spacial score (nSPS) is 12.8. The zero-order valence-electron chi connectivity index (χ0n) is 19.2. The van der Waals surface area contributed by atoms with Crippen LogP contribution in [0.15, 0.2) is 10.8 Å². The lowest BCUT2D eigenvalue weighted by Crippen LogP contribution is -2.23. The van der Waals surface area contributed by atoms with Gasteiger partial charge in [0, 0.05) is 12.5 Å². The molecule has 5 N–H and O–H groups in total. The van der Waals surface area contributed by atoms with Gasteiger partial charge < -0.3 is 25.9 Å². The minimum Gasteiger partial charge on any atom is -0.489 e. The summed E-state index contributed by atoms with van der Waals surface area (Å²) >= 11 is 0. The number of nitrogen functional groups attached to an aromatic ring is 1. The van der Waals surface area contributed by atoms with Gasteiger partial charge >= 0.3 is 0 Å². The molecule has 10 nitrogen and oxygen atoms in total. The number of rotatable bonds is 8. The lowest BCUT2D eigenvalue weighted by molar-refractivity contribution is 0.143. The monoisotopic (exact) mass is 441 g/mol. The van der Waals surface area contributed by atoms with Crippen molar-refractivity contribution in [2.45, 2.75) is 53.2 Å². The minimum absolute atomic E-state index is 0.134. The van der Waals surface area contributed by atoms with Gasteiger partial charge in [-0.2, -0.15) is 0 Å². The lowest BCUT2D eigenvalue weighted by Gasteiger charge is -2.18. The van der Waals surface area contributed by atoms with E-state index in [0.29, 0.717) is 59.6 Å². The highest BCUT2D eigenvalue weighted by molar-refractivity contribution is 5.89. The standard InChI is InChI=1S/C22H31N7O3/c1-6-29-19-16(31-12-14(10-23)9-13(2)3)11-25-15(7-8-22(4,5)30)17(19)26-21(29)18-20(24)28-32-27-18/h11,13-14,30H,6,9-10,12,23H2,1-5H3,(H2,24,28). The molecular weight excluding hydrogens is 410 g/mol. The molecule has 3 rings (SSSR count). The third-order valence-electron chi connectivity index (χ3n) is 4.88. The molecule has 1 atom stereocenters. The summed E-state index contributed by atoms with van der Waals surface area (Å²) in [6.07, 6.45) is 2.59. The Morgan fingerprint density at radius 3 is 2.62 bits per heavy atom. The van der Waals surface area contributed by atoms with Gasteiger partial charge in [-0.1, -0.05) is 19.8 Å². The molecule has 0 spiro atoms. The quantitative estimate of drug-likeness (QED) is 0.447. The fourth-order valence-corrected chi connectivity index (χ4v) is 3.47. The zero-order chi connectivity index (χ0) is 23.5. The first-order valence-electron chi connectivity index (χ1n) is 10.7. The van der Waals surface area contributed by atoms with Crippen LogP contribution in [-0.4, -0.2) is 48.7 Å². The van der Waals surface area contributed by atoms with Crippen LogP contribution in [0.1, 0.15) is 46.7 Å². The van der Waals surface area contributed by atoms with Crippen molar-refractivity contribution in [2.24, 2.45) is 17.6 Å². The van der Waals surface area contributed by atoms with E-state index >= 15 is 0 Å². The molecule has 1 unspecified atom stereocenters. The van der Waals surface area contributed by atoms with Crippen LogP contribution in [-0.2, 0) is 6.54 Å². The van der Waals surface area contributed by atoms with Gasteiger partial charge in [0.25, 0.3) is 0 Å². The number of nitrogens with two attached hydrogens (primary N) is 2. The van der Waals surface area contributed by atoms with Crippen molar-refractivity contribution in [3.8, 4) is 29.1 Å². The summed E-state index contributed by atoms with van der Waals surface area (Å²) in [6.45, 7) is 11.1.